The van der Waals surface area contributed by atoms with Crippen LogP contribution in [0, 0.1) is 0 Å². The first-order chi connectivity index (χ1) is 10.8. The number of carbonyl (C=O) groups is 1. The van der Waals surface area contributed by atoms with Gasteiger partial charge in [-0.15, -0.1) is 11.3 Å². The fraction of sp³-hybridized carbons (Fsp3) is 0.765. The predicted octanol–water partition coefficient (Wildman–Crippen LogP) is 3.11. The molecule has 3 heterocycles. The average Bonchev–Trinajstić information content (AvgIpc) is 3.10. The zero-order valence-electron chi connectivity index (χ0n) is 13.5. The molecule has 5 heteroatoms. The molecule has 22 heavy (non-hydrogen) atoms. The fourth-order valence-corrected chi connectivity index (χ4v) is 4.62. The molecule has 0 N–H and O–H groups in total. The van der Waals surface area contributed by atoms with Crippen LogP contribution in [0.4, 0.5) is 0 Å². The van der Waals surface area contributed by atoms with Crippen molar-refractivity contribution in [2.75, 3.05) is 26.2 Å². The molecule has 0 unspecified atom stereocenters. The molecule has 2 aliphatic heterocycles. The van der Waals surface area contributed by atoms with Gasteiger partial charge >= 0.3 is 0 Å². The summed E-state index contributed by atoms with van der Waals surface area (Å²) >= 11 is 1.73. The second-order valence-corrected chi connectivity index (χ2v) is 7.47. The summed E-state index contributed by atoms with van der Waals surface area (Å²) in [5.41, 5.74) is 0. The van der Waals surface area contributed by atoms with Crippen LogP contribution < -0.4 is 0 Å². The summed E-state index contributed by atoms with van der Waals surface area (Å²) in [6.45, 7) is 6.14. The van der Waals surface area contributed by atoms with Crippen molar-refractivity contribution in [2.24, 2.45) is 0 Å². The van der Waals surface area contributed by atoms with Gasteiger partial charge in [0.05, 0.1) is 11.0 Å². The monoisotopic (exact) mass is 321 g/mol. The van der Waals surface area contributed by atoms with Crippen LogP contribution >= 0.6 is 11.3 Å². The smallest absolute Gasteiger partial charge is 0.239 e. The van der Waals surface area contributed by atoms with Crippen molar-refractivity contribution < 1.29 is 4.79 Å². The molecule has 2 atom stereocenters. The molecular formula is C17H27N3OS. The quantitative estimate of drug-likeness (QED) is 0.855. The van der Waals surface area contributed by atoms with E-state index in [0.717, 1.165) is 45.4 Å². The molecular weight excluding hydrogens is 294 g/mol. The summed E-state index contributed by atoms with van der Waals surface area (Å²) in [5.74, 6) is 0.815. The second kappa shape index (κ2) is 7.55. The van der Waals surface area contributed by atoms with Crippen molar-refractivity contribution in [2.45, 2.75) is 57.4 Å². The lowest BCUT2D eigenvalue weighted by molar-refractivity contribution is -0.139. The third-order valence-corrected chi connectivity index (χ3v) is 5.88. The first-order valence-corrected chi connectivity index (χ1v) is 9.59. The molecule has 1 amide bonds. The van der Waals surface area contributed by atoms with Gasteiger partial charge in [0.25, 0.3) is 0 Å². The Morgan fingerprint density at radius 2 is 2.23 bits per heavy atom. The van der Waals surface area contributed by atoms with Crippen molar-refractivity contribution in [1.82, 2.24) is 14.8 Å². The van der Waals surface area contributed by atoms with Crippen LogP contribution in [-0.4, -0.2) is 52.9 Å². The van der Waals surface area contributed by atoms with Crippen LogP contribution in [0.3, 0.4) is 0 Å². The Balaban J connectivity index is 1.65. The molecule has 3 rings (SSSR count). The third-order valence-electron chi connectivity index (χ3n) is 4.94. The Hall–Kier alpha value is -0.940. The molecule has 122 valence electrons. The zero-order chi connectivity index (χ0) is 15.4. The second-order valence-electron chi connectivity index (χ2n) is 6.54. The maximum absolute atomic E-state index is 13.0. The largest absolute Gasteiger partial charge is 0.341 e. The van der Waals surface area contributed by atoms with E-state index in [2.05, 4.69) is 21.7 Å². The minimum atomic E-state index is 0.128. The van der Waals surface area contributed by atoms with Crippen LogP contribution in [0.2, 0.25) is 0 Å². The average molecular weight is 321 g/mol. The van der Waals surface area contributed by atoms with Crippen molar-refractivity contribution in [1.29, 1.82) is 0 Å². The molecule has 1 aromatic heterocycles. The van der Waals surface area contributed by atoms with E-state index >= 15 is 0 Å². The molecule has 2 aliphatic rings. The molecule has 0 saturated carbocycles. The Morgan fingerprint density at radius 3 is 3.00 bits per heavy atom. The number of aromatic nitrogens is 1. The number of hydrogen-bond donors (Lipinski definition) is 0. The van der Waals surface area contributed by atoms with Gasteiger partial charge in [-0.05, 0) is 45.2 Å². The van der Waals surface area contributed by atoms with Gasteiger partial charge in [0.2, 0.25) is 5.91 Å². The number of rotatable bonds is 4. The summed E-state index contributed by atoms with van der Waals surface area (Å²) in [5, 5.41) is 3.24. The number of nitrogens with zero attached hydrogens (tertiary/aromatic N) is 3. The van der Waals surface area contributed by atoms with Gasteiger partial charge in [0, 0.05) is 30.6 Å². The van der Waals surface area contributed by atoms with Crippen molar-refractivity contribution in [3.8, 4) is 0 Å². The van der Waals surface area contributed by atoms with Crippen LogP contribution in [0.5, 0.6) is 0 Å². The van der Waals surface area contributed by atoms with E-state index in [-0.39, 0.29) is 6.04 Å². The number of amides is 1. The molecule has 1 aromatic rings. The highest BCUT2D eigenvalue weighted by atomic mass is 32.1. The van der Waals surface area contributed by atoms with Crippen LogP contribution in [0.15, 0.2) is 11.6 Å². The number of carbonyl (C=O) groups excluding carboxylic acids is 1. The zero-order valence-corrected chi connectivity index (χ0v) is 14.4. The maximum Gasteiger partial charge on any atom is 0.239 e. The SMILES string of the molecule is CCCN1CCCC[C@H]1C(=O)N1CCC[C@@H](c2nccs2)C1. The predicted molar refractivity (Wildman–Crippen MR) is 90.2 cm³/mol. The Kier molecular flexibility index (Phi) is 5.47. The van der Waals surface area contributed by atoms with Crippen LogP contribution in [-0.2, 0) is 4.79 Å². The van der Waals surface area contributed by atoms with Crippen molar-refractivity contribution >= 4 is 17.2 Å². The molecule has 0 aromatic carbocycles. The van der Waals surface area contributed by atoms with E-state index in [1.165, 1.54) is 24.3 Å². The highest BCUT2D eigenvalue weighted by molar-refractivity contribution is 7.09. The topological polar surface area (TPSA) is 36.4 Å². The summed E-state index contributed by atoms with van der Waals surface area (Å²) in [4.78, 5) is 22.0. The van der Waals surface area contributed by atoms with Gasteiger partial charge in [-0.1, -0.05) is 13.3 Å². The third kappa shape index (κ3) is 3.51. The Labute approximate surface area is 137 Å². The summed E-state index contributed by atoms with van der Waals surface area (Å²) in [6, 6.07) is 0.128. The van der Waals surface area contributed by atoms with Gasteiger partial charge in [-0.25, -0.2) is 4.98 Å². The summed E-state index contributed by atoms with van der Waals surface area (Å²) < 4.78 is 0. The molecule has 0 aliphatic carbocycles. The summed E-state index contributed by atoms with van der Waals surface area (Å²) in [7, 11) is 0. The van der Waals surface area contributed by atoms with Crippen LogP contribution in [0.25, 0.3) is 0 Å². The van der Waals surface area contributed by atoms with Crippen LogP contribution in [0.1, 0.15) is 56.4 Å². The van der Waals surface area contributed by atoms with E-state index in [4.69, 9.17) is 0 Å². The van der Waals surface area contributed by atoms with Gasteiger partial charge in [0.1, 0.15) is 0 Å². The number of thiazole rings is 1. The molecule has 0 spiro atoms. The van der Waals surface area contributed by atoms with Crippen molar-refractivity contribution in [3.63, 3.8) is 0 Å². The van der Waals surface area contributed by atoms with E-state index in [9.17, 15) is 4.79 Å². The lowest BCUT2D eigenvalue weighted by atomic mass is 9.95. The van der Waals surface area contributed by atoms with E-state index < -0.39 is 0 Å². The lowest BCUT2D eigenvalue weighted by Crippen LogP contribution is -2.53. The van der Waals surface area contributed by atoms with Crippen molar-refractivity contribution in [3.05, 3.63) is 16.6 Å². The standard InChI is InChI=1S/C17H27N3OS/c1-2-9-19-10-4-3-7-15(19)17(21)20-11-5-6-14(13-20)16-18-8-12-22-16/h8,12,14-15H,2-7,9-11,13H2,1H3/t14-,15+/m1/s1. The Bertz CT molecular complexity index is 474. The minimum absolute atomic E-state index is 0.128. The minimum Gasteiger partial charge on any atom is -0.341 e. The van der Waals surface area contributed by atoms with Gasteiger partial charge in [-0.3, -0.25) is 9.69 Å². The first-order valence-electron chi connectivity index (χ1n) is 8.72. The van der Waals surface area contributed by atoms with E-state index in [0.29, 0.717) is 11.8 Å². The Morgan fingerprint density at radius 1 is 1.32 bits per heavy atom. The number of piperidine rings is 2. The van der Waals surface area contributed by atoms with Gasteiger partial charge < -0.3 is 4.90 Å². The maximum atomic E-state index is 13.0. The lowest BCUT2D eigenvalue weighted by Gasteiger charge is -2.40. The molecule has 2 fully saturated rings. The molecule has 2 saturated heterocycles. The normalized spacial score (nSPS) is 27.0. The van der Waals surface area contributed by atoms with Gasteiger partial charge in [-0.2, -0.15) is 0 Å². The summed E-state index contributed by atoms with van der Waals surface area (Å²) in [6.07, 6.45) is 8.76. The molecule has 0 bridgehead atoms. The first kappa shape index (κ1) is 15.9. The fourth-order valence-electron chi connectivity index (χ4n) is 3.85. The number of likely N-dealkylation sites (tertiary alicyclic amines) is 2. The van der Waals surface area contributed by atoms with E-state index in [1.807, 2.05) is 11.6 Å². The highest BCUT2D eigenvalue weighted by Crippen LogP contribution is 2.29. The molecule has 0 radical (unpaired) electrons. The highest BCUT2D eigenvalue weighted by Gasteiger charge is 2.34. The number of hydrogen-bond acceptors (Lipinski definition) is 4. The molecule has 4 nitrogen and oxygen atoms in total. The van der Waals surface area contributed by atoms with E-state index in [1.54, 1.807) is 11.3 Å². The van der Waals surface area contributed by atoms with Gasteiger partial charge in [0.15, 0.2) is 0 Å².